The molecule has 7 atom stereocenters. The molecule has 1 N–H and O–H groups in total. The summed E-state index contributed by atoms with van der Waals surface area (Å²) in [5.41, 5.74) is 0.949. The Labute approximate surface area is 162 Å². The van der Waals surface area contributed by atoms with E-state index in [2.05, 4.69) is 19.9 Å². The molecule has 4 heteroatoms. The summed E-state index contributed by atoms with van der Waals surface area (Å²) in [6, 6.07) is 0. The first kappa shape index (κ1) is 18.9. The van der Waals surface area contributed by atoms with Crippen molar-refractivity contribution >= 4 is 11.8 Å². The van der Waals surface area contributed by atoms with Crippen LogP contribution in [0, 0.1) is 34.5 Å². The lowest BCUT2D eigenvalue weighted by molar-refractivity contribution is -0.167. The molecule has 4 nitrogen and oxygen atoms in total. The molecule has 0 unspecified atom stereocenters. The van der Waals surface area contributed by atoms with E-state index in [1.54, 1.807) is 6.08 Å². The van der Waals surface area contributed by atoms with Crippen LogP contribution in [0.1, 0.15) is 59.3 Å². The molecule has 4 aliphatic rings. The predicted molar refractivity (Wildman–Crippen MR) is 103 cm³/mol. The first-order valence-electron chi connectivity index (χ1n) is 10.6. The maximum Gasteiger partial charge on any atom is 0.305 e. The van der Waals surface area contributed by atoms with Gasteiger partial charge in [-0.25, -0.2) is 0 Å². The van der Waals surface area contributed by atoms with E-state index in [0.29, 0.717) is 24.2 Å². The van der Waals surface area contributed by atoms with E-state index in [1.807, 2.05) is 13.0 Å². The molecule has 27 heavy (non-hydrogen) atoms. The fraction of sp³-hybridized carbons (Fsp3) is 0.739. The Morgan fingerprint density at radius 2 is 2.11 bits per heavy atom. The monoisotopic (exact) mass is 372 g/mol. The van der Waals surface area contributed by atoms with Gasteiger partial charge in [-0.05, 0) is 67.9 Å². The number of allylic oxidation sites excluding steroid dienone is 4. The zero-order valence-electron chi connectivity index (χ0n) is 16.7. The number of rotatable bonds is 3. The van der Waals surface area contributed by atoms with Crippen LogP contribution in [0.5, 0.6) is 0 Å². The number of carbonyl (C=O) groups excluding carboxylic acids is 2. The summed E-state index contributed by atoms with van der Waals surface area (Å²) in [5, 5.41) is 10.5. The van der Waals surface area contributed by atoms with E-state index in [9.17, 15) is 14.7 Å². The molecule has 3 saturated carbocycles. The van der Waals surface area contributed by atoms with Crippen LogP contribution in [0.15, 0.2) is 23.8 Å². The Morgan fingerprint density at radius 1 is 1.33 bits per heavy atom. The number of esters is 1. The molecule has 0 spiro atoms. The second-order valence-corrected chi connectivity index (χ2v) is 9.51. The topological polar surface area (TPSA) is 63.6 Å². The lowest BCUT2D eigenvalue weighted by Gasteiger charge is -2.57. The minimum absolute atomic E-state index is 0.0418. The van der Waals surface area contributed by atoms with Crippen molar-refractivity contribution in [3.05, 3.63) is 23.8 Å². The number of ketones is 1. The average molecular weight is 373 g/mol. The third-order valence-corrected chi connectivity index (χ3v) is 8.36. The third kappa shape index (κ3) is 2.66. The zero-order valence-corrected chi connectivity index (χ0v) is 16.7. The largest absolute Gasteiger partial charge is 0.461 e. The van der Waals surface area contributed by atoms with E-state index in [1.165, 1.54) is 5.57 Å². The Hall–Kier alpha value is -1.42. The fourth-order valence-electron chi connectivity index (χ4n) is 7.04. The minimum atomic E-state index is -0.294. The normalized spacial score (nSPS) is 45.6. The summed E-state index contributed by atoms with van der Waals surface area (Å²) in [4.78, 5) is 23.9. The van der Waals surface area contributed by atoms with Gasteiger partial charge in [0.15, 0.2) is 5.78 Å². The molecule has 0 bridgehead atoms. The Kier molecular flexibility index (Phi) is 4.61. The van der Waals surface area contributed by atoms with Gasteiger partial charge in [-0.15, -0.1) is 0 Å². The maximum absolute atomic E-state index is 12.0. The lowest BCUT2D eigenvalue weighted by Crippen LogP contribution is -2.53. The van der Waals surface area contributed by atoms with Crippen molar-refractivity contribution in [3.8, 4) is 0 Å². The van der Waals surface area contributed by atoms with E-state index in [0.717, 1.165) is 32.1 Å². The Bertz CT molecular complexity index is 707. The molecule has 148 valence electrons. The average Bonchev–Trinajstić information content (AvgIpc) is 2.94. The van der Waals surface area contributed by atoms with Crippen molar-refractivity contribution in [2.24, 2.45) is 34.5 Å². The van der Waals surface area contributed by atoms with E-state index in [4.69, 9.17) is 4.74 Å². The molecule has 0 heterocycles. The number of aliphatic hydroxyl groups is 1. The highest BCUT2D eigenvalue weighted by Gasteiger charge is 2.63. The summed E-state index contributed by atoms with van der Waals surface area (Å²) in [6.45, 7) is 6.39. The first-order chi connectivity index (χ1) is 12.9. The zero-order chi connectivity index (χ0) is 19.4. The molecule has 0 amide bonds. The van der Waals surface area contributed by atoms with Crippen LogP contribution in [0.25, 0.3) is 0 Å². The molecule has 3 fully saturated rings. The van der Waals surface area contributed by atoms with Gasteiger partial charge in [0.25, 0.3) is 0 Å². The van der Waals surface area contributed by atoms with Crippen LogP contribution in [0.2, 0.25) is 0 Å². The van der Waals surface area contributed by atoms with Gasteiger partial charge in [0.05, 0.1) is 6.61 Å². The fourth-order valence-corrected chi connectivity index (χ4v) is 7.04. The first-order valence-corrected chi connectivity index (χ1v) is 10.6. The van der Waals surface area contributed by atoms with Crippen molar-refractivity contribution in [3.63, 3.8) is 0 Å². The number of carbonyl (C=O) groups is 2. The van der Waals surface area contributed by atoms with Crippen LogP contribution in [0.3, 0.4) is 0 Å². The van der Waals surface area contributed by atoms with Crippen LogP contribution in [-0.2, 0) is 14.3 Å². The molecular formula is C23H32O4. The van der Waals surface area contributed by atoms with Gasteiger partial charge < -0.3 is 9.84 Å². The third-order valence-electron chi connectivity index (χ3n) is 8.36. The standard InChI is InChI=1S/C23H32O4/c1-4-20(26)27-21-14(2)11-19-17-6-5-15-12-16(25)7-9-22(15,3)18(17)8-10-23(19,21)13-24/h7,9,12,14,17-19,21,24H,4-6,8,10-11,13H2,1-3H3/t14-,17-,18+,19+,21-,22+,23-/m1/s1. The van der Waals surface area contributed by atoms with Crippen molar-refractivity contribution < 1.29 is 19.4 Å². The van der Waals surface area contributed by atoms with Gasteiger partial charge in [-0.1, -0.05) is 32.4 Å². The van der Waals surface area contributed by atoms with Crippen molar-refractivity contribution in [1.29, 1.82) is 0 Å². The van der Waals surface area contributed by atoms with Crippen LogP contribution in [0.4, 0.5) is 0 Å². The van der Waals surface area contributed by atoms with Crippen LogP contribution in [-0.4, -0.2) is 29.6 Å². The van der Waals surface area contributed by atoms with Crippen LogP contribution < -0.4 is 0 Å². The molecule has 4 aliphatic carbocycles. The smallest absolute Gasteiger partial charge is 0.305 e. The summed E-state index contributed by atoms with van der Waals surface area (Å²) >= 11 is 0. The van der Waals surface area contributed by atoms with Crippen molar-refractivity contribution in [2.75, 3.05) is 6.61 Å². The van der Waals surface area contributed by atoms with Gasteiger partial charge in [-0.3, -0.25) is 9.59 Å². The van der Waals surface area contributed by atoms with Gasteiger partial charge in [0.2, 0.25) is 0 Å². The highest BCUT2D eigenvalue weighted by atomic mass is 16.5. The van der Waals surface area contributed by atoms with E-state index >= 15 is 0 Å². The number of hydrogen-bond donors (Lipinski definition) is 1. The van der Waals surface area contributed by atoms with Gasteiger partial charge >= 0.3 is 5.97 Å². The molecule has 4 rings (SSSR count). The summed E-state index contributed by atoms with van der Waals surface area (Å²) in [7, 11) is 0. The van der Waals surface area contributed by atoms with Crippen molar-refractivity contribution in [2.45, 2.75) is 65.4 Å². The molecule has 0 aliphatic heterocycles. The Morgan fingerprint density at radius 3 is 2.81 bits per heavy atom. The van der Waals surface area contributed by atoms with Crippen LogP contribution >= 0.6 is 0 Å². The van der Waals surface area contributed by atoms with E-state index < -0.39 is 0 Å². The predicted octanol–water partition coefficient (Wildman–Crippen LogP) is 3.83. The molecule has 0 aromatic heterocycles. The van der Waals surface area contributed by atoms with Gasteiger partial charge in [-0.2, -0.15) is 0 Å². The number of fused-ring (bicyclic) bond motifs is 5. The number of ether oxygens (including phenoxy) is 1. The lowest BCUT2D eigenvalue weighted by atomic mass is 9.48. The quantitative estimate of drug-likeness (QED) is 0.765. The second-order valence-electron chi connectivity index (χ2n) is 9.51. The number of aliphatic hydroxyl groups excluding tert-OH is 1. The molecule has 0 aromatic rings. The maximum atomic E-state index is 12.0. The van der Waals surface area contributed by atoms with Gasteiger partial charge in [0, 0.05) is 17.3 Å². The molecule has 0 aromatic carbocycles. The second kappa shape index (κ2) is 6.58. The molecular weight excluding hydrogens is 340 g/mol. The summed E-state index contributed by atoms with van der Waals surface area (Å²) < 4.78 is 5.89. The highest BCUT2D eigenvalue weighted by molar-refractivity contribution is 6.01. The SMILES string of the molecule is CCC(=O)O[C@@H]1[C@H](C)C[C@H]2[C@@H]3CCC4=CC(=O)C=C[C@]4(C)[C@H]3CC[C@]12CO. The summed E-state index contributed by atoms with van der Waals surface area (Å²) in [5.74, 6) is 1.64. The van der Waals surface area contributed by atoms with E-state index in [-0.39, 0.29) is 41.2 Å². The molecule has 0 saturated heterocycles. The Balaban J connectivity index is 1.66. The van der Waals surface area contributed by atoms with Gasteiger partial charge in [0.1, 0.15) is 6.10 Å². The summed E-state index contributed by atoms with van der Waals surface area (Å²) in [6.07, 6.45) is 10.9. The van der Waals surface area contributed by atoms with Crippen molar-refractivity contribution in [1.82, 2.24) is 0 Å². The highest BCUT2D eigenvalue weighted by Crippen LogP contribution is 2.65. The minimum Gasteiger partial charge on any atom is -0.461 e. The number of hydrogen-bond acceptors (Lipinski definition) is 4. The molecule has 0 radical (unpaired) electrons.